The Bertz CT molecular complexity index is 459. The number of carboxylic acid groups (broad SMARTS) is 1. The minimum atomic E-state index is -0.943. The molecule has 1 aromatic rings. The first kappa shape index (κ1) is 14.9. The molecular weight excluding hydrogens is 254 g/mol. The van der Waals surface area contributed by atoms with Gasteiger partial charge in [-0.1, -0.05) is 26.0 Å². The fraction of sp³-hybridized carbons (Fsp3) is 0.562. The third kappa shape index (κ3) is 3.51. The summed E-state index contributed by atoms with van der Waals surface area (Å²) >= 11 is 0. The van der Waals surface area contributed by atoms with Gasteiger partial charge < -0.3 is 9.84 Å². The van der Waals surface area contributed by atoms with Gasteiger partial charge in [-0.25, -0.2) is 4.79 Å². The molecule has 1 atom stereocenters. The molecule has 0 spiro atoms. The van der Waals surface area contributed by atoms with Crippen LogP contribution < -0.4 is 4.74 Å². The Kier molecular flexibility index (Phi) is 5.01. The van der Waals surface area contributed by atoms with Gasteiger partial charge in [-0.3, -0.25) is 4.90 Å². The largest absolute Gasteiger partial charge is 0.491 e. The van der Waals surface area contributed by atoms with Crippen LogP contribution in [0.25, 0.3) is 0 Å². The van der Waals surface area contributed by atoms with Crippen LogP contribution in [0.1, 0.15) is 37.0 Å². The number of carbonyl (C=O) groups is 1. The Morgan fingerprint density at radius 1 is 1.45 bits per heavy atom. The zero-order valence-corrected chi connectivity index (χ0v) is 12.2. The lowest BCUT2D eigenvalue weighted by molar-refractivity contribution is 0.0691. The van der Waals surface area contributed by atoms with Crippen molar-refractivity contribution >= 4 is 5.97 Å². The predicted octanol–water partition coefficient (Wildman–Crippen LogP) is 2.88. The lowest BCUT2D eigenvalue weighted by atomic mass is 10.0. The SMILES string of the molecule is CC(C)C1CCCN1CCOc1ccccc1C(=O)O. The molecular formula is C16H23NO3. The quantitative estimate of drug-likeness (QED) is 0.868. The number of rotatable bonds is 6. The Morgan fingerprint density at radius 3 is 2.90 bits per heavy atom. The summed E-state index contributed by atoms with van der Waals surface area (Å²) in [5.74, 6) is 0.172. The molecule has 2 rings (SSSR count). The van der Waals surface area contributed by atoms with E-state index in [1.807, 2.05) is 0 Å². The van der Waals surface area contributed by atoms with Crippen molar-refractivity contribution in [1.82, 2.24) is 4.90 Å². The molecule has 4 nitrogen and oxygen atoms in total. The van der Waals surface area contributed by atoms with Crippen LogP contribution in [0.3, 0.4) is 0 Å². The molecule has 0 amide bonds. The second-order valence-corrected chi connectivity index (χ2v) is 5.64. The maximum Gasteiger partial charge on any atom is 0.339 e. The molecule has 0 radical (unpaired) electrons. The van der Waals surface area contributed by atoms with Gasteiger partial charge in [-0.2, -0.15) is 0 Å². The van der Waals surface area contributed by atoms with E-state index in [2.05, 4.69) is 18.7 Å². The summed E-state index contributed by atoms with van der Waals surface area (Å²) in [6, 6.07) is 7.44. The van der Waals surface area contributed by atoms with Crippen molar-refractivity contribution < 1.29 is 14.6 Å². The fourth-order valence-electron chi connectivity index (χ4n) is 2.93. The highest BCUT2D eigenvalue weighted by Gasteiger charge is 2.26. The van der Waals surface area contributed by atoms with E-state index in [1.54, 1.807) is 24.3 Å². The molecule has 20 heavy (non-hydrogen) atoms. The van der Waals surface area contributed by atoms with Crippen molar-refractivity contribution in [3.05, 3.63) is 29.8 Å². The molecule has 0 saturated carbocycles. The third-order valence-corrected chi connectivity index (χ3v) is 3.94. The zero-order chi connectivity index (χ0) is 14.5. The number of nitrogens with zero attached hydrogens (tertiary/aromatic N) is 1. The average Bonchev–Trinajstić information content (AvgIpc) is 2.87. The average molecular weight is 277 g/mol. The molecule has 1 aliphatic heterocycles. The molecule has 110 valence electrons. The van der Waals surface area contributed by atoms with Crippen LogP contribution in [0.15, 0.2) is 24.3 Å². The van der Waals surface area contributed by atoms with Crippen LogP contribution in [0, 0.1) is 5.92 Å². The number of carboxylic acids is 1. The van der Waals surface area contributed by atoms with Crippen molar-refractivity contribution in [2.75, 3.05) is 19.7 Å². The van der Waals surface area contributed by atoms with Gasteiger partial charge in [-0.15, -0.1) is 0 Å². The van der Waals surface area contributed by atoms with Gasteiger partial charge in [0.2, 0.25) is 0 Å². The molecule has 1 aromatic carbocycles. The molecule has 1 saturated heterocycles. The van der Waals surface area contributed by atoms with Crippen molar-refractivity contribution in [1.29, 1.82) is 0 Å². The smallest absolute Gasteiger partial charge is 0.339 e. The van der Waals surface area contributed by atoms with Crippen LogP contribution in [0.5, 0.6) is 5.75 Å². The van der Waals surface area contributed by atoms with E-state index < -0.39 is 5.97 Å². The van der Waals surface area contributed by atoms with Gasteiger partial charge in [0.1, 0.15) is 17.9 Å². The summed E-state index contributed by atoms with van der Waals surface area (Å²) in [6.45, 7) is 7.02. The van der Waals surface area contributed by atoms with Crippen molar-refractivity contribution in [3.63, 3.8) is 0 Å². The summed E-state index contributed by atoms with van der Waals surface area (Å²) in [7, 11) is 0. The topological polar surface area (TPSA) is 49.8 Å². The molecule has 1 aliphatic rings. The van der Waals surface area contributed by atoms with E-state index in [4.69, 9.17) is 9.84 Å². The highest BCUT2D eigenvalue weighted by atomic mass is 16.5. The first-order chi connectivity index (χ1) is 9.59. The number of likely N-dealkylation sites (tertiary alicyclic amines) is 1. The molecule has 1 fully saturated rings. The third-order valence-electron chi connectivity index (χ3n) is 3.94. The van der Waals surface area contributed by atoms with Crippen molar-refractivity contribution in [2.24, 2.45) is 5.92 Å². The van der Waals surface area contributed by atoms with Crippen LogP contribution in [-0.4, -0.2) is 41.7 Å². The first-order valence-corrected chi connectivity index (χ1v) is 7.28. The van der Waals surface area contributed by atoms with Gasteiger partial charge in [0.05, 0.1) is 0 Å². The van der Waals surface area contributed by atoms with Crippen LogP contribution in [-0.2, 0) is 0 Å². The van der Waals surface area contributed by atoms with Gasteiger partial charge in [0, 0.05) is 12.6 Å². The highest BCUT2D eigenvalue weighted by molar-refractivity contribution is 5.90. The van der Waals surface area contributed by atoms with Crippen molar-refractivity contribution in [3.8, 4) is 5.75 Å². The first-order valence-electron chi connectivity index (χ1n) is 7.28. The number of ether oxygens (including phenoxy) is 1. The zero-order valence-electron chi connectivity index (χ0n) is 12.2. The summed E-state index contributed by atoms with van der Waals surface area (Å²) in [5.41, 5.74) is 0.231. The molecule has 1 unspecified atom stereocenters. The van der Waals surface area contributed by atoms with E-state index in [9.17, 15) is 4.79 Å². The highest BCUT2D eigenvalue weighted by Crippen LogP contribution is 2.23. The molecule has 4 heteroatoms. The lowest BCUT2D eigenvalue weighted by Crippen LogP contribution is -2.36. The number of para-hydroxylation sites is 1. The normalized spacial score (nSPS) is 19.4. The molecule has 0 aliphatic carbocycles. The monoisotopic (exact) mass is 277 g/mol. The number of benzene rings is 1. The van der Waals surface area contributed by atoms with E-state index in [0.29, 0.717) is 24.3 Å². The minimum Gasteiger partial charge on any atom is -0.491 e. The molecule has 0 aromatic heterocycles. The van der Waals surface area contributed by atoms with E-state index in [0.717, 1.165) is 13.1 Å². The maximum atomic E-state index is 11.1. The summed E-state index contributed by atoms with van der Waals surface area (Å²) in [4.78, 5) is 13.5. The van der Waals surface area contributed by atoms with E-state index in [1.165, 1.54) is 12.8 Å². The Balaban J connectivity index is 1.89. The second-order valence-electron chi connectivity index (χ2n) is 5.64. The Labute approximate surface area is 120 Å². The predicted molar refractivity (Wildman–Crippen MR) is 78.3 cm³/mol. The molecule has 1 N–H and O–H groups in total. The van der Waals surface area contributed by atoms with Gasteiger partial charge in [0.25, 0.3) is 0 Å². The Morgan fingerprint density at radius 2 is 2.20 bits per heavy atom. The molecule has 1 heterocycles. The summed E-state index contributed by atoms with van der Waals surface area (Å²) in [5, 5.41) is 9.10. The van der Waals surface area contributed by atoms with Crippen LogP contribution >= 0.6 is 0 Å². The van der Waals surface area contributed by atoms with Gasteiger partial charge in [-0.05, 0) is 37.4 Å². The maximum absolute atomic E-state index is 11.1. The molecule has 0 bridgehead atoms. The fourth-order valence-corrected chi connectivity index (χ4v) is 2.93. The number of hydrogen-bond donors (Lipinski definition) is 1. The number of hydrogen-bond acceptors (Lipinski definition) is 3. The number of aromatic carboxylic acids is 1. The summed E-state index contributed by atoms with van der Waals surface area (Å²) in [6.07, 6.45) is 2.50. The van der Waals surface area contributed by atoms with Crippen LogP contribution in [0.2, 0.25) is 0 Å². The standard InChI is InChI=1S/C16H23NO3/c1-12(2)14-7-5-9-17(14)10-11-20-15-8-4-3-6-13(15)16(18)19/h3-4,6,8,12,14H,5,7,9-11H2,1-2H3,(H,18,19). The Hall–Kier alpha value is -1.55. The lowest BCUT2D eigenvalue weighted by Gasteiger charge is -2.27. The van der Waals surface area contributed by atoms with Gasteiger partial charge in [0.15, 0.2) is 0 Å². The second kappa shape index (κ2) is 6.75. The summed E-state index contributed by atoms with van der Waals surface area (Å²) < 4.78 is 5.67. The van der Waals surface area contributed by atoms with Crippen molar-refractivity contribution in [2.45, 2.75) is 32.7 Å². The minimum absolute atomic E-state index is 0.231. The van der Waals surface area contributed by atoms with E-state index in [-0.39, 0.29) is 5.56 Å². The van der Waals surface area contributed by atoms with Gasteiger partial charge >= 0.3 is 5.97 Å². The van der Waals surface area contributed by atoms with E-state index >= 15 is 0 Å². The van der Waals surface area contributed by atoms with Crippen LogP contribution in [0.4, 0.5) is 0 Å².